The van der Waals surface area contributed by atoms with Gasteiger partial charge < -0.3 is 10.5 Å². The summed E-state index contributed by atoms with van der Waals surface area (Å²) in [4.78, 5) is 0. The van der Waals surface area contributed by atoms with E-state index in [4.69, 9.17) is 10.5 Å². The van der Waals surface area contributed by atoms with Gasteiger partial charge in [0.15, 0.2) is 0 Å². The van der Waals surface area contributed by atoms with Crippen LogP contribution in [0.25, 0.3) is 0 Å². The molecule has 1 aliphatic heterocycles. The Bertz CT molecular complexity index is 324. The fourth-order valence-electron chi connectivity index (χ4n) is 2.18. The molecule has 0 saturated carbocycles. The maximum Gasteiger partial charge on any atom is 0.217 e. The Kier molecular flexibility index (Phi) is 6.55. The number of ether oxygens (including phenoxy) is 1. The topological polar surface area (TPSA) is 72.6 Å². The smallest absolute Gasteiger partial charge is 0.217 e. The van der Waals surface area contributed by atoms with E-state index in [0.29, 0.717) is 51.6 Å². The number of sulfonamides is 1. The molecule has 0 atom stereocenters. The molecular weight excluding hydrogens is 252 g/mol. The number of nitrogens with two attached hydrogens (primary N) is 1. The molecule has 0 aromatic heterocycles. The highest BCUT2D eigenvalue weighted by Crippen LogP contribution is 2.20. The van der Waals surface area contributed by atoms with Crippen LogP contribution in [0.5, 0.6) is 0 Å². The van der Waals surface area contributed by atoms with Gasteiger partial charge in [-0.05, 0) is 31.7 Å². The van der Waals surface area contributed by atoms with Crippen LogP contribution in [0.15, 0.2) is 0 Å². The Labute approximate surface area is 111 Å². The van der Waals surface area contributed by atoms with E-state index in [-0.39, 0.29) is 5.25 Å². The van der Waals surface area contributed by atoms with E-state index < -0.39 is 10.0 Å². The lowest BCUT2D eigenvalue weighted by Crippen LogP contribution is -2.43. The van der Waals surface area contributed by atoms with Crippen molar-refractivity contribution in [1.82, 2.24) is 4.31 Å². The second kappa shape index (κ2) is 7.43. The molecule has 0 aromatic carbocycles. The van der Waals surface area contributed by atoms with Crippen LogP contribution in [0.1, 0.15) is 33.1 Å². The summed E-state index contributed by atoms with van der Waals surface area (Å²) < 4.78 is 32.0. The van der Waals surface area contributed by atoms with E-state index in [9.17, 15) is 8.42 Å². The molecule has 0 radical (unpaired) electrons. The monoisotopic (exact) mass is 278 g/mol. The van der Waals surface area contributed by atoms with E-state index in [1.807, 2.05) is 13.8 Å². The molecule has 0 bridgehead atoms. The molecule has 1 saturated heterocycles. The number of rotatable bonds is 7. The zero-order valence-electron chi connectivity index (χ0n) is 11.5. The van der Waals surface area contributed by atoms with Crippen LogP contribution in [0.3, 0.4) is 0 Å². The van der Waals surface area contributed by atoms with Gasteiger partial charge in [-0.25, -0.2) is 12.7 Å². The molecule has 0 spiro atoms. The highest BCUT2D eigenvalue weighted by molar-refractivity contribution is 7.89. The molecule has 108 valence electrons. The van der Waals surface area contributed by atoms with Crippen molar-refractivity contribution in [2.45, 2.75) is 38.4 Å². The molecule has 0 unspecified atom stereocenters. The largest absolute Gasteiger partial charge is 0.381 e. The van der Waals surface area contributed by atoms with Crippen LogP contribution in [0, 0.1) is 5.92 Å². The van der Waals surface area contributed by atoms with Crippen molar-refractivity contribution in [2.75, 3.05) is 32.8 Å². The fourth-order valence-corrected chi connectivity index (χ4v) is 4.28. The predicted octanol–water partition coefficient (Wildman–Crippen LogP) is 0.802. The van der Waals surface area contributed by atoms with Gasteiger partial charge in [0, 0.05) is 26.3 Å². The Morgan fingerprint density at radius 2 is 1.94 bits per heavy atom. The highest BCUT2D eigenvalue weighted by atomic mass is 32.2. The normalized spacial score (nSPS) is 18.7. The minimum absolute atomic E-state index is 0.275. The van der Waals surface area contributed by atoms with Gasteiger partial charge >= 0.3 is 0 Å². The average Bonchev–Trinajstić information content (AvgIpc) is 2.35. The molecule has 0 aliphatic carbocycles. The van der Waals surface area contributed by atoms with Gasteiger partial charge in [-0.1, -0.05) is 13.8 Å². The summed E-state index contributed by atoms with van der Waals surface area (Å²) in [6.07, 6.45) is 1.94. The first-order valence-electron chi connectivity index (χ1n) is 6.75. The molecule has 6 heteroatoms. The van der Waals surface area contributed by atoms with Gasteiger partial charge in [-0.2, -0.15) is 0 Å². The summed E-state index contributed by atoms with van der Waals surface area (Å²) in [6, 6.07) is 0. The third-order valence-electron chi connectivity index (χ3n) is 3.13. The van der Waals surface area contributed by atoms with Crippen molar-refractivity contribution in [3.05, 3.63) is 0 Å². The summed E-state index contributed by atoms with van der Waals surface area (Å²) in [7, 11) is -3.19. The Hall–Kier alpha value is -0.170. The first kappa shape index (κ1) is 15.9. The Morgan fingerprint density at radius 3 is 2.44 bits per heavy atom. The van der Waals surface area contributed by atoms with Crippen LogP contribution in [0.4, 0.5) is 0 Å². The zero-order chi connectivity index (χ0) is 13.6. The summed E-state index contributed by atoms with van der Waals surface area (Å²) >= 11 is 0. The van der Waals surface area contributed by atoms with Crippen LogP contribution in [-0.4, -0.2) is 50.8 Å². The molecule has 0 aromatic rings. The van der Waals surface area contributed by atoms with Crippen molar-refractivity contribution < 1.29 is 13.2 Å². The van der Waals surface area contributed by atoms with Crippen molar-refractivity contribution in [3.63, 3.8) is 0 Å². The lowest BCUT2D eigenvalue weighted by Gasteiger charge is -2.30. The third kappa shape index (κ3) is 4.50. The van der Waals surface area contributed by atoms with Gasteiger partial charge in [-0.3, -0.25) is 0 Å². The molecule has 18 heavy (non-hydrogen) atoms. The molecule has 1 aliphatic rings. The lowest BCUT2D eigenvalue weighted by atomic mass is 10.2. The quantitative estimate of drug-likeness (QED) is 0.747. The van der Waals surface area contributed by atoms with E-state index in [2.05, 4.69) is 0 Å². The SMILES string of the molecule is CC(C)CN(CCCN)S(=O)(=O)C1CCOCC1. The van der Waals surface area contributed by atoms with E-state index in [1.54, 1.807) is 4.31 Å². The van der Waals surface area contributed by atoms with E-state index >= 15 is 0 Å². The average molecular weight is 278 g/mol. The molecule has 2 N–H and O–H groups in total. The first-order valence-corrected chi connectivity index (χ1v) is 8.25. The summed E-state index contributed by atoms with van der Waals surface area (Å²) in [5.41, 5.74) is 5.49. The minimum atomic E-state index is -3.19. The number of hydrogen-bond donors (Lipinski definition) is 1. The maximum absolute atomic E-state index is 12.6. The molecule has 1 heterocycles. The molecular formula is C12H26N2O3S. The van der Waals surface area contributed by atoms with Crippen molar-refractivity contribution in [1.29, 1.82) is 0 Å². The number of nitrogens with zero attached hydrogens (tertiary/aromatic N) is 1. The summed E-state index contributed by atoms with van der Waals surface area (Å²) in [5, 5.41) is -0.275. The lowest BCUT2D eigenvalue weighted by molar-refractivity contribution is 0.0971. The minimum Gasteiger partial charge on any atom is -0.381 e. The van der Waals surface area contributed by atoms with Crippen LogP contribution in [-0.2, 0) is 14.8 Å². The Morgan fingerprint density at radius 1 is 1.33 bits per heavy atom. The standard InChI is InChI=1S/C12H26N2O3S/c1-11(2)10-14(7-3-6-13)18(15,16)12-4-8-17-9-5-12/h11-12H,3-10,13H2,1-2H3. The fraction of sp³-hybridized carbons (Fsp3) is 1.00. The van der Waals surface area contributed by atoms with Crippen molar-refractivity contribution >= 4 is 10.0 Å². The van der Waals surface area contributed by atoms with E-state index in [1.165, 1.54) is 0 Å². The Balaban J connectivity index is 2.73. The molecule has 0 amide bonds. The van der Waals surface area contributed by atoms with Crippen molar-refractivity contribution in [3.8, 4) is 0 Å². The summed E-state index contributed by atoms with van der Waals surface area (Å²) in [5.74, 6) is 0.331. The molecule has 1 fully saturated rings. The van der Waals surface area contributed by atoms with Gasteiger partial charge in [0.1, 0.15) is 0 Å². The van der Waals surface area contributed by atoms with Gasteiger partial charge in [-0.15, -0.1) is 0 Å². The maximum atomic E-state index is 12.6. The van der Waals surface area contributed by atoms with E-state index in [0.717, 1.165) is 6.42 Å². The van der Waals surface area contributed by atoms with Gasteiger partial charge in [0.25, 0.3) is 0 Å². The zero-order valence-corrected chi connectivity index (χ0v) is 12.3. The van der Waals surface area contributed by atoms with Crippen LogP contribution < -0.4 is 5.73 Å². The third-order valence-corrected chi connectivity index (χ3v) is 5.50. The summed E-state index contributed by atoms with van der Waals surface area (Å²) in [6.45, 7) is 6.82. The second-order valence-electron chi connectivity index (χ2n) is 5.25. The van der Waals surface area contributed by atoms with Crippen LogP contribution >= 0.6 is 0 Å². The number of hydrogen-bond acceptors (Lipinski definition) is 4. The predicted molar refractivity (Wildman–Crippen MR) is 72.8 cm³/mol. The van der Waals surface area contributed by atoms with Gasteiger partial charge in [0.05, 0.1) is 5.25 Å². The first-order chi connectivity index (χ1) is 8.48. The second-order valence-corrected chi connectivity index (χ2v) is 7.46. The van der Waals surface area contributed by atoms with Crippen LogP contribution in [0.2, 0.25) is 0 Å². The van der Waals surface area contributed by atoms with Gasteiger partial charge in [0.2, 0.25) is 10.0 Å². The molecule has 1 rings (SSSR count). The molecule has 5 nitrogen and oxygen atoms in total. The van der Waals surface area contributed by atoms with Crippen molar-refractivity contribution in [2.24, 2.45) is 11.7 Å². The highest BCUT2D eigenvalue weighted by Gasteiger charge is 2.33.